The Morgan fingerprint density at radius 1 is 0.836 bits per heavy atom. The molecule has 1 heterocycles. The predicted octanol–water partition coefficient (Wildman–Crippen LogP) is 1.68. The largest absolute Gasteiger partial charge is 0.483 e. The minimum Gasteiger partial charge on any atom is -0.483 e. The lowest BCUT2D eigenvalue weighted by Gasteiger charge is -2.45. The predicted molar refractivity (Wildman–Crippen MR) is 245 cm³/mol. The number of aliphatic hydroxyl groups excluding tert-OH is 4. The van der Waals surface area contributed by atoms with Gasteiger partial charge in [-0.15, -0.1) is 0 Å². The molecule has 1 fully saturated rings. The van der Waals surface area contributed by atoms with Crippen LogP contribution in [0, 0.1) is 0 Å². The van der Waals surface area contributed by atoms with Crippen LogP contribution in [0.5, 0.6) is 0 Å². The number of carbonyl (C=O) groups excluding carboxylic acids is 3. The number of carboxylic acid groups (broad SMARTS) is 2. The smallest absolute Gasteiger partial charge is 0.407 e. The van der Waals surface area contributed by atoms with Gasteiger partial charge in [-0.05, 0) is 94.7 Å². The lowest BCUT2D eigenvalue weighted by molar-refractivity contribution is -0.327. The number of hydrogen-bond acceptors (Lipinski definition) is 20. The molecule has 0 aromatic rings. The Hall–Kier alpha value is -3.21. The summed E-state index contributed by atoms with van der Waals surface area (Å²) in [5.74, 6) is -3.84. The summed E-state index contributed by atoms with van der Waals surface area (Å²) in [5, 5.41) is 83.3. The molecule has 0 aliphatic carbocycles. The number of amides is 2. The van der Waals surface area contributed by atoms with E-state index >= 15 is 0 Å². The number of rotatable bonds is 29. The molecule has 7 atom stereocenters. The van der Waals surface area contributed by atoms with Crippen molar-refractivity contribution in [3.63, 3.8) is 0 Å². The van der Waals surface area contributed by atoms with E-state index in [1.54, 1.807) is 41.5 Å². The first-order chi connectivity index (χ1) is 31.2. The molecule has 400 valence electrons. The van der Waals surface area contributed by atoms with Gasteiger partial charge in [0.05, 0.1) is 61.4 Å². The third-order valence-electron chi connectivity index (χ3n) is 9.51. The van der Waals surface area contributed by atoms with Gasteiger partial charge in [-0.2, -0.15) is 0 Å². The number of aliphatic hydroxyl groups is 4. The summed E-state index contributed by atoms with van der Waals surface area (Å²) in [4.78, 5) is 63.7. The molecule has 0 aromatic heterocycles. The first-order valence-electron chi connectivity index (χ1n) is 22.4. The molecule has 0 radical (unpaired) electrons. The average Bonchev–Trinajstić information content (AvgIpc) is 3.29. The van der Waals surface area contributed by atoms with Crippen molar-refractivity contribution in [1.29, 1.82) is 0 Å². The SMILES string of the molecule is CC.CC.CC(C)(CCOC(C)(C)CCNC(CCCCNC(=O)OCC(C)(C)OCC(C)(C)OO)C(=O)NCC=O)OO.CNC1C(O)CC(OC)(C(=O)O)OC1C(O)C(O)CO.O=CO. The Kier molecular flexibility index (Phi) is 39.5. The number of likely N-dealkylation sites (N-methyl/N-ethyl adjacent to an activating group) is 1. The van der Waals surface area contributed by atoms with Crippen molar-refractivity contribution in [2.24, 2.45) is 0 Å². The summed E-state index contributed by atoms with van der Waals surface area (Å²) >= 11 is 0. The van der Waals surface area contributed by atoms with Gasteiger partial charge in [-0.25, -0.2) is 19.4 Å². The fraction of sp³-hybridized carbons (Fsp3) is 0.884. The second-order valence-corrected chi connectivity index (χ2v) is 17.1. The zero-order valence-corrected chi connectivity index (χ0v) is 42.3. The maximum atomic E-state index is 12.5. The van der Waals surface area contributed by atoms with E-state index < -0.39 is 83.4 Å². The normalized spacial score (nSPS) is 19.6. The van der Waals surface area contributed by atoms with Crippen molar-refractivity contribution in [2.75, 3.05) is 60.2 Å². The average molecular weight is 981 g/mol. The maximum absolute atomic E-state index is 12.5. The quantitative estimate of drug-likeness (QED) is 0.0219. The summed E-state index contributed by atoms with van der Waals surface area (Å²) < 4.78 is 26.9. The monoisotopic (exact) mass is 981 g/mol. The van der Waals surface area contributed by atoms with Gasteiger partial charge < -0.3 is 80.4 Å². The molecule has 0 spiro atoms. The lowest BCUT2D eigenvalue weighted by Crippen LogP contribution is -2.66. The number of nitrogens with one attached hydrogen (secondary N) is 4. The highest BCUT2D eigenvalue weighted by atomic mass is 17.1. The molecule has 0 bridgehead atoms. The third kappa shape index (κ3) is 31.5. The Morgan fingerprint density at radius 2 is 1.40 bits per heavy atom. The molecule has 67 heavy (non-hydrogen) atoms. The second-order valence-electron chi connectivity index (χ2n) is 17.1. The number of alkyl carbamates (subject to hydrolysis) is 1. The Morgan fingerprint density at radius 3 is 1.88 bits per heavy atom. The molecule has 1 rings (SSSR count). The van der Waals surface area contributed by atoms with Crippen LogP contribution >= 0.6 is 0 Å². The van der Waals surface area contributed by atoms with Gasteiger partial charge in [0.1, 0.15) is 36.8 Å². The lowest BCUT2D eigenvalue weighted by atomic mass is 9.89. The molecule has 2 amide bonds. The topological polar surface area (TPSA) is 360 Å². The van der Waals surface area contributed by atoms with Crippen LogP contribution in [0.2, 0.25) is 0 Å². The van der Waals surface area contributed by atoms with Crippen LogP contribution in [0.15, 0.2) is 0 Å². The first kappa shape index (κ1) is 70.4. The molecule has 12 N–H and O–H groups in total. The number of ether oxygens (including phenoxy) is 5. The third-order valence-corrected chi connectivity index (χ3v) is 9.51. The van der Waals surface area contributed by atoms with Crippen LogP contribution < -0.4 is 21.3 Å². The van der Waals surface area contributed by atoms with Crippen molar-refractivity contribution in [1.82, 2.24) is 21.3 Å². The fourth-order valence-electron chi connectivity index (χ4n) is 5.51. The number of unbranched alkanes of at least 4 members (excludes halogenated alkanes) is 1. The minimum absolute atomic E-state index is 0.0102. The van der Waals surface area contributed by atoms with E-state index in [4.69, 9.17) is 49.2 Å². The van der Waals surface area contributed by atoms with E-state index in [1.165, 1.54) is 7.05 Å². The van der Waals surface area contributed by atoms with E-state index in [1.807, 2.05) is 41.5 Å². The van der Waals surface area contributed by atoms with Gasteiger partial charge in [-0.1, -0.05) is 27.7 Å². The van der Waals surface area contributed by atoms with Crippen LogP contribution in [0.1, 0.15) is 122 Å². The number of hydrogen-bond donors (Lipinski definition) is 12. The van der Waals surface area contributed by atoms with Gasteiger partial charge in [0, 0.05) is 26.5 Å². The van der Waals surface area contributed by atoms with E-state index in [-0.39, 0.29) is 38.6 Å². The van der Waals surface area contributed by atoms with Crippen molar-refractivity contribution >= 4 is 30.7 Å². The zero-order chi connectivity index (χ0) is 53.1. The molecular weight excluding hydrogens is 892 g/mol. The van der Waals surface area contributed by atoms with Crippen LogP contribution in [0.3, 0.4) is 0 Å². The second kappa shape index (κ2) is 37.7. The molecule has 7 unspecified atom stereocenters. The van der Waals surface area contributed by atoms with E-state index in [0.717, 1.165) is 7.11 Å². The van der Waals surface area contributed by atoms with Gasteiger partial charge in [0.2, 0.25) is 5.91 Å². The summed E-state index contributed by atoms with van der Waals surface area (Å²) in [6.45, 7) is 22.6. The van der Waals surface area contributed by atoms with Gasteiger partial charge in [0.15, 0.2) is 0 Å². The number of aliphatic carboxylic acids is 1. The fourth-order valence-corrected chi connectivity index (χ4v) is 5.51. The first-order valence-corrected chi connectivity index (χ1v) is 22.4. The Balaban J connectivity index is -0.000000609. The van der Waals surface area contributed by atoms with Crippen LogP contribution in [-0.2, 0) is 52.6 Å². The van der Waals surface area contributed by atoms with Gasteiger partial charge in [0.25, 0.3) is 12.3 Å². The van der Waals surface area contributed by atoms with E-state index in [2.05, 4.69) is 31.0 Å². The number of carboxylic acids is 1. The molecule has 0 aromatic carbocycles. The molecule has 1 saturated heterocycles. The van der Waals surface area contributed by atoms with Crippen molar-refractivity contribution in [2.45, 2.75) is 186 Å². The van der Waals surface area contributed by atoms with Crippen molar-refractivity contribution in [3.8, 4) is 0 Å². The summed E-state index contributed by atoms with van der Waals surface area (Å²) in [6, 6.07) is -1.33. The zero-order valence-electron chi connectivity index (χ0n) is 42.3. The molecular formula is C43H88N4O20. The molecule has 0 saturated carbocycles. The van der Waals surface area contributed by atoms with Crippen LogP contribution in [-0.4, -0.2) is 197 Å². The van der Waals surface area contributed by atoms with E-state index in [0.29, 0.717) is 58.1 Å². The summed E-state index contributed by atoms with van der Waals surface area (Å²) in [6.07, 6.45) is -2.97. The number of carbonyl (C=O) groups is 5. The van der Waals surface area contributed by atoms with E-state index in [9.17, 15) is 39.6 Å². The standard InChI is InChI=1S/C27H53N3O10.C11H21NO8.2C2H6.CH2O2/c1-24(2,37-18-13-25(3,4)39-34)12-15-28-21(22(32)29-16-17-31)11-9-10-14-30-23(33)36-19-26(5,6)38-20-27(7,8)40-35;1-12-7-5(14)3-11(19-2,10(17)18)20-9(7)8(16)6(15)4-13;2*1-2;2-1-3/h17,21,28,34-35H,9-16,18-20H2,1-8H3,(H,29,32)(H,30,33);5-9,12-16H,3-4H2,1-2H3,(H,17,18);2*1-2H3;1H,(H,2,3). The highest BCUT2D eigenvalue weighted by Gasteiger charge is 2.54. The number of methoxy groups -OCH3 is 1. The number of aldehydes is 1. The molecule has 24 heteroatoms. The van der Waals surface area contributed by atoms with Crippen molar-refractivity contribution in [3.05, 3.63) is 0 Å². The highest BCUT2D eigenvalue weighted by molar-refractivity contribution is 5.83. The maximum Gasteiger partial charge on any atom is 0.407 e. The van der Waals surface area contributed by atoms with Crippen LogP contribution in [0.4, 0.5) is 4.79 Å². The Labute approximate surface area is 396 Å². The summed E-state index contributed by atoms with van der Waals surface area (Å²) in [5.41, 5.74) is -2.81. The van der Waals surface area contributed by atoms with Crippen LogP contribution in [0.25, 0.3) is 0 Å². The van der Waals surface area contributed by atoms with Gasteiger partial charge in [-0.3, -0.25) is 20.1 Å². The molecule has 1 aliphatic rings. The summed E-state index contributed by atoms with van der Waals surface area (Å²) in [7, 11) is 2.59. The minimum atomic E-state index is -2.12. The molecule has 24 nitrogen and oxygen atoms in total. The molecule has 1 aliphatic heterocycles. The van der Waals surface area contributed by atoms with Gasteiger partial charge >= 0.3 is 12.1 Å². The van der Waals surface area contributed by atoms with Crippen molar-refractivity contribution < 1.29 is 98.6 Å². The highest BCUT2D eigenvalue weighted by Crippen LogP contribution is 2.32. The Bertz CT molecular complexity index is 1310.